The van der Waals surface area contributed by atoms with Gasteiger partial charge in [0.2, 0.25) is 0 Å². The summed E-state index contributed by atoms with van der Waals surface area (Å²) < 4.78 is 0. The minimum absolute atomic E-state index is 0.138. The number of rotatable bonds is 5. The molecule has 7 atom stereocenters. The molecule has 7 unspecified atom stereocenters. The van der Waals surface area contributed by atoms with Crippen molar-refractivity contribution in [2.24, 2.45) is 11.8 Å². The van der Waals surface area contributed by atoms with Gasteiger partial charge in [-0.3, -0.25) is 0 Å². The molecule has 0 spiro atoms. The summed E-state index contributed by atoms with van der Waals surface area (Å²) in [5, 5.41) is 23.7. The minimum Gasteiger partial charge on any atom is -0.309 e. The molecule has 57 heavy (non-hydrogen) atoms. The van der Waals surface area contributed by atoms with Gasteiger partial charge in [-0.1, -0.05) is 133 Å². The predicted molar refractivity (Wildman–Crippen MR) is 235 cm³/mol. The Kier molecular flexibility index (Phi) is 9.12. The predicted octanol–water partition coefficient (Wildman–Crippen LogP) is 10.4. The lowest BCUT2D eigenvalue weighted by atomic mass is 9.66. The smallest absolute Gasteiger partial charge is 0.168 e. The molecule has 4 N–H and O–H groups in total. The first kappa shape index (κ1) is 35.2. The number of hydrogen-bond acceptors (Lipinski definition) is 4. The third kappa shape index (κ3) is 6.26. The zero-order valence-electron chi connectivity index (χ0n) is 32.3. The summed E-state index contributed by atoms with van der Waals surface area (Å²) in [6.45, 7) is 0. The first-order valence-corrected chi connectivity index (χ1v) is 22.0. The fraction of sp³-hybridized carbons (Fsp3) is 0.288. The summed E-state index contributed by atoms with van der Waals surface area (Å²) in [5.74, 6) is 1.64. The zero-order valence-corrected chi connectivity index (χ0v) is 33.1. The summed E-state index contributed by atoms with van der Waals surface area (Å²) >= 11 is 1.86. The first-order valence-electron chi connectivity index (χ1n) is 21.2. The second-order valence-corrected chi connectivity index (χ2v) is 18.1. The van der Waals surface area contributed by atoms with Gasteiger partial charge in [-0.2, -0.15) is 5.26 Å². The van der Waals surface area contributed by atoms with Gasteiger partial charge in [0.1, 0.15) is 6.07 Å². The van der Waals surface area contributed by atoms with Gasteiger partial charge < -0.3 is 5.32 Å². The maximum Gasteiger partial charge on any atom is 0.168 e. The molecule has 0 radical (unpaired) electrons. The fourth-order valence-corrected chi connectivity index (χ4v) is 12.4. The molecule has 5 heteroatoms. The van der Waals surface area contributed by atoms with Crippen LogP contribution in [0.3, 0.4) is 0 Å². The third-order valence-corrected chi connectivity index (χ3v) is 15.2. The number of thioether (sulfide) groups is 1. The zero-order chi connectivity index (χ0) is 37.9. The Morgan fingerprint density at radius 2 is 1.61 bits per heavy atom. The van der Waals surface area contributed by atoms with Crippen LogP contribution in [0.15, 0.2) is 142 Å². The number of nitriles is 1. The van der Waals surface area contributed by atoms with E-state index in [0.717, 1.165) is 56.9 Å². The van der Waals surface area contributed by atoms with Crippen molar-refractivity contribution in [2.75, 3.05) is 0 Å². The summed E-state index contributed by atoms with van der Waals surface area (Å²) in [4.78, 5) is 2.64. The molecule has 0 saturated carbocycles. The van der Waals surface area contributed by atoms with Crippen molar-refractivity contribution in [3.8, 4) is 6.07 Å². The molecule has 4 aromatic carbocycles. The van der Waals surface area contributed by atoms with E-state index in [0.29, 0.717) is 23.7 Å². The molecule has 1 fully saturated rings. The molecule has 0 bridgehead atoms. The Morgan fingerprint density at radius 3 is 2.44 bits per heavy atom. The number of hydrogen-bond donors (Lipinski definition) is 3. The highest BCUT2D eigenvalue weighted by atomic mass is 32.2. The second-order valence-electron chi connectivity index (χ2n) is 17.0. The van der Waals surface area contributed by atoms with Gasteiger partial charge in [0.05, 0.1) is 11.7 Å². The average Bonchev–Trinajstić information content (AvgIpc) is 3.67. The van der Waals surface area contributed by atoms with Gasteiger partial charge in [-0.05, 0) is 130 Å². The number of fused-ring (bicyclic) bond motifs is 9. The molecule has 1 saturated heterocycles. The molecule has 0 amide bonds. The molecule has 7 aliphatic rings. The monoisotopic (exact) mass is 761 g/mol. The van der Waals surface area contributed by atoms with Crippen LogP contribution in [-0.2, 0) is 6.42 Å². The standard InChI is InChI=1S/C52H48N4S/c53-31-37-16-11-21-43-45-28-36(26-27-47(45)57-49(37)43)44-29-38(30-46-41-19-8-7-17-39(41)40-18-9-10-20-42(40)48(44)46)52-55-50(34-14-5-2-6-15-34)54-51(56-52)35-24-22-33(23-25-35)32-12-3-1-4-13-32/h1,3-5,7-9,11-19,21-24,27,30,35-36,44-45,50-52,54-56H,2,6,10,20,25-26,28-29H2/p+1. The number of quaternary nitrogens is 1. The topological polar surface area (TPSA) is 64.5 Å². The van der Waals surface area contributed by atoms with Gasteiger partial charge in [-0.25, -0.2) is 10.6 Å². The molecule has 4 aromatic rings. The van der Waals surface area contributed by atoms with Gasteiger partial charge >= 0.3 is 0 Å². The van der Waals surface area contributed by atoms with E-state index in [1.165, 1.54) is 59.5 Å². The van der Waals surface area contributed by atoms with Crippen LogP contribution >= 0.6 is 11.8 Å². The molecular formula is C52H49N4S+. The van der Waals surface area contributed by atoms with E-state index >= 15 is 0 Å². The van der Waals surface area contributed by atoms with Crippen molar-refractivity contribution in [1.29, 1.82) is 5.26 Å². The van der Waals surface area contributed by atoms with Crippen LogP contribution in [-0.4, -0.2) is 18.5 Å². The van der Waals surface area contributed by atoms with E-state index in [9.17, 15) is 5.26 Å². The van der Waals surface area contributed by atoms with Crippen molar-refractivity contribution < 1.29 is 5.32 Å². The molecule has 11 rings (SSSR count). The van der Waals surface area contributed by atoms with Crippen LogP contribution in [0.1, 0.15) is 95.7 Å². The van der Waals surface area contributed by atoms with Crippen molar-refractivity contribution in [1.82, 2.24) is 10.6 Å². The lowest BCUT2D eigenvalue weighted by Gasteiger charge is -2.43. The summed E-state index contributed by atoms with van der Waals surface area (Å²) in [6.07, 6.45) is 33.5. The van der Waals surface area contributed by atoms with E-state index in [2.05, 4.69) is 150 Å². The number of benzene rings is 4. The average molecular weight is 762 g/mol. The van der Waals surface area contributed by atoms with Crippen LogP contribution in [0.4, 0.5) is 0 Å². The summed E-state index contributed by atoms with van der Waals surface area (Å²) in [7, 11) is 0. The van der Waals surface area contributed by atoms with Gasteiger partial charge in [0.25, 0.3) is 0 Å². The van der Waals surface area contributed by atoms with E-state index in [-0.39, 0.29) is 18.5 Å². The van der Waals surface area contributed by atoms with Gasteiger partial charge in [0, 0.05) is 27.9 Å². The van der Waals surface area contributed by atoms with Crippen LogP contribution in [0.5, 0.6) is 0 Å². The largest absolute Gasteiger partial charge is 0.309 e. The molecule has 2 heterocycles. The molecule has 282 valence electrons. The Balaban J connectivity index is 0.991. The number of nitrogens with zero attached hydrogens (tertiary/aromatic N) is 1. The van der Waals surface area contributed by atoms with Gasteiger partial charge in [-0.15, -0.1) is 0 Å². The number of nitrogens with two attached hydrogens (primary N) is 1. The second kappa shape index (κ2) is 14.8. The van der Waals surface area contributed by atoms with Crippen molar-refractivity contribution in [3.63, 3.8) is 0 Å². The van der Waals surface area contributed by atoms with Crippen LogP contribution in [0.2, 0.25) is 0 Å². The lowest BCUT2D eigenvalue weighted by Crippen LogP contribution is -3.05. The van der Waals surface area contributed by atoms with Crippen LogP contribution in [0.25, 0.3) is 28.5 Å². The molecule has 2 aliphatic heterocycles. The Hall–Kier alpha value is -4.96. The highest BCUT2D eigenvalue weighted by molar-refractivity contribution is 8.03. The Bertz CT molecular complexity index is 2540. The summed E-state index contributed by atoms with van der Waals surface area (Å²) in [5.41, 5.74) is 13.8. The summed E-state index contributed by atoms with van der Waals surface area (Å²) in [6, 6.07) is 28.9. The van der Waals surface area contributed by atoms with E-state index in [1.54, 1.807) is 11.1 Å². The molecular weight excluding hydrogens is 713 g/mol. The van der Waals surface area contributed by atoms with E-state index in [4.69, 9.17) is 0 Å². The molecule has 4 nitrogen and oxygen atoms in total. The normalized spacial score (nSPS) is 28.6. The van der Waals surface area contributed by atoms with Crippen molar-refractivity contribution in [2.45, 2.75) is 86.6 Å². The third-order valence-electron chi connectivity index (χ3n) is 13.8. The first-order chi connectivity index (χ1) is 28.2. The highest BCUT2D eigenvalue weighted by Crippen LogP contribution is 2.58. The molecule has 0 aromatic heterocycles. The maximum absolute atomic E-state index is 9.99. The van der Waals surface area contributed by atoms with Crippen LogP contribution in [0, 0.1) is 23.2 Å². The maximum atomic E-state index is 9.99. The minimum atomic E-state index is 0.138. The van der Waals surface area contributed by atoms with Gasteiger partial charge in [0.15, 0.2) is 12.3 Å². The number of nitrogens with one attached hydrogen (secondary N) is 2. The number of allylic oxidation sites excluding steroid dienone is 8. The van der Waals surface area contributed by atoms with E-state index in [1.807, 2.05) is 17.8 Å². The molecule has 5 aliphatic carbocycles. The fourth-order valence-electron chi connectivity index (χ4n) is 11.1. The van der Waals surface area contributed by atoms with Crippen molar-refractivity contribution in [3.05, 3.63) is 176 Å². The van der Waals surface area contributed by atoms with Crippen molar-refractivity contribution >= 4 is 40.3 Å². The Morgan fingerprint density at radius 1 is 0.772 bits per heavy atom. The van der Waals surface area contributed by atoms with Crippen LogP contribution < -0.4 is 16.0 Å². The lowest BCUT2D eigenvalue weighted by molar-refractivity contribution is -0.726. The Labute approximate surface area is 340 Å². The van der Waals surface area contributed by atoms with E-state index < -0.39 is 0 Å². The quantitative estimate of drug-likeness (QED) is 0.190. The SMILES string of the molecule is N#Cc1cccc2c1SC1=CCC(C3CC(C4NC(C5C=CC(c6ccccc6)=CC5)NC(C5=CCCC=C5)[NH2+]4)=Cc4c3c3c(c5ccccc45)C=CCC3)CC12. The highest BCUT2D eigenvalue weighted by Gasteiger charge is 2.43.